The lowest BCUT2D eigenvalue weighted by atomic mass is 10.3. The number of methoxy groups -OCH3 is 2. The maximum Gasteiger partial charge on any atom is 0.351 e. The number of carbonyl (C=O) groups excluding carboxylic acids is 1. The highest BCUT2D eigenvalue weighted by Crippen LogP contribution is 2.34. The smallest absolute Gasteiger partial charge is 0.351 e. The molecule has 2 aromatic rings. The standard InChI is InChI=1S/C18H17NO7S/c1-23-13-4-6-14(7-5-13)27(21,22)17(18(20)24-2)10-19-12-3-8-15-16(9-12)26-11-25-15/h3-10,19H,11H2,1-2H3/b17-10-. The summed E-state index contributed by atoms with van der Waals surface area (Å²) < 4.78 is 45.8. The average molecular weight is 391 g/mol. The molecular weight excluding hydrogens is 374 g/mol. The molecule has 27 heavy (non-hydrogen) atoms. The Labute approximate surface area is 156 Å². The van der Waals surface area contributed by atoms with Crippen LogP contribution in [0.25, 0.3) is 0 Å². The highest BCUT2D eigenvalue weighted by atomic mass is 32.2. The molecular formula is C18H17NO7S. The number of hydrogen-bond donors (Lipinski definition) is 1. The first-order valence-electron chi connectivity index (χ1n) is 7.79. The van der Waals surface area contributed by atoms with E-state index < -0.39 is 20.7 Å². The number of rotatable bonds is 6. The van der Waals surface area contributed by atoms with E-state index in [1.165, 1.54) is 31.4 Å². The van der Waals surface area contributed by atoms with Crippen LogP contribution in [0, 0.1) is 0 Å². The molecule has 8 nitrogen and oxygen atoms in total. The second-order valence-electron chi connectivity index (χ2n) is 5.39. The normalized spacial score (nSPS) is 13.2. The molecule has 3 rings (SSSR count). The number of nitrogens with one attached hydrogen (secondary N) is 1. The quantitative estimate of drug-likeness (QED) is 0.592. The molecule has 1 aliphatic rings. The van der Waals surface area contributed by atoms with Gasteiger partial charge in [-0.05, 0) is 36.4 Å². The highest BCUT2D eigenvalue weighted by molar-refractivity contribution is 7.96. The van der Waals surface area contributed by atoms with E-state index in [2.05, 4.69) is 10.1 Å². The number of carbonyl (C=O) groups is 1. The van der Waals surface area contributed by atoms with Crippen molar-refractivity contribution in [2.75, 3.05) is 26.3 Å². The van der Waals surface area contributed by atoms with Gasteiger partial charge in [-0.15, -0.1) is 0 Å². The van der Waals surface area contributed by atoms with E-state index in [-0.39, 0.29) is 11.7 Å². The Morgan fingerprint density at radius 3 is 2.44 bits per heavy atom. The lowest BCUT2D eigenvalue weighted by Crippen LogP contribution is -2.17. The molecule has 0 aromatic heterocycles. The Bertz CT molecular complexity index is 981. The first-order chi connectivity index (χ1) is 13.0. The second kappa shape index (κ2) is 7.58. The number of fused-ring (bicyclic) bond motifs is 1. The van der Waals surface area contributed by atoms with Crippen molar-refractivity contribution in [2.45, 2.75) is 4.90 Å². The maximum atomic E-state index is 12.8. The van der Waals surface area contributed by atoms with E-state index >= 15 is 0 Å². The summed E-state index contributed by atoms with van der Waals surface area (Å²) >= 11 is 0. The van der Waals surface area contributed by atoms with Gasteiger partial charge < -0.3 is 24.3 Å². The molecule has 142 valence electrons. The summed E-state index contributed by atoms with van der Waals surface area (Å²) in [6, 6.07) is 10.7. The van der Waals surface area contributed by atoms with Gasteiger partial charge in [-0.25, -0.2) is 13.2 Å². The Morgan fingerprint density at radius 1 is 1.07 bits per heavy atom. The molecule has 0 aliphatic carbocycles. The SMILES string of the molecule is COC(=O)/C(=C/Nc1ccc2c(c1)OCO2)S(=O)(=O)c1ccc(OC)cc1. The van der Waals surface area contributed by atoms with Gasteiger partial charge in [0.1, 0.15) is 5.75 Å². The number of esters is 1. The molecule has 1 heterocycles. The topological polar surface area (TPSA) is 100 Å². The molecule has 1 aliphatic heterocycles. The molecule has 0 atom stereocenters. The van der Waals surface area contributed by atoms with Crippen molar-refractivity contribution < 1.29 is 32.2 Å². The van der Waals surface area contributed by atoms with Crippen molar-refractivity contribution in [1.29, 1.82) is 0 Å². The minimum atomic E-state index is -4.11. The van der Waals surface area contributed by atoms with E-state index in [1.54, 1.807) is 18.2 Å². The van der Waals surface area contributed by atoms with E-state index in [1.807, 2.05) is 0 Å². The van der Waals surface area contributed by atoms with Crippen LogP contribution in [0.5, 0.6) is 17.2 Å². The van der Waals surface area contributed by atoms with E-state index in [9.17, 15) is 13.2 Å². The van der Waals surface area contributed by atoms with Gasteiger partial charge in [0.15, 0.2) is 16.4 Å². The molecule has 0 bridgehead atoms. The summed E-state index contributed by atoms with van der Waals surface area (Å²) in [7, 11) is -1.52. The van der Waals surface area contributed by atoms with Crippen LogP contribution in [0.15, 0.2) is 58.5 Å². The minimum absolute atomic E-state index is 0.0626. The molecule has 0 spiro atoms. The van der Waals surface area contributed by atoms with Crippen molar-refractivity contribution in [3.63, 3.8) is 0 Å². The largest absolute Gasteiger partial charge is 0.497 e. The van der Waals surface area contributed by atoms with Crippen LogP contribution >= 0.6 is 0 Å². The predicted molar refractivity (Wildman–Crippen MR) is 96.5 cm³/mol. The Balaban J connectivity index is 1.92. The minimum Gasteiger partial charge on any atom is -0.497 e. The van der Waals surface area contributed by atoms with Crippen LogP contribution in [0.2, 0.25) is 0 Å². The monoisotopic (exact) mass is 391 g/mol. The van der Waals surface area contributed by atoms with Crippen LogP contribution in [-0.2, 0) is 19.4 Å². The first-order valence-corrected chi connectivity index (χ1v) is 9.28. The number of sulfone groups is 1. The van der Waals surface area contributed by atoms with Crippen molar-refractivity contribution in [3.05, 3.63) is 53.6 Å². The maximum absolute atomic E-state index is 12.8. The van der Waals surface area contributed by atoms with Crippen molar-refractivity contribution in [3.8, 4) is 17.2 Å². The lowest BCUT2D eigenvalue weighted by molar-refractivity contribution is -0.135. The molecule has 2 aromatic carbocycles. The fourth-order valence-corrected chi connectivity index (χ4v) is 3.63. The van der Waals surface area contributed by atoms with Crippen LogP contribution in [0.4, 0.5) is 5.69 Å². The first kappa shape index (κ1) is 18.6. The fraction of sp³-hybridized carbons (Fsp3) is 0.167. The van der Waals surface area contributed by atoms with Gasteiger partial charge in [0.2, 0.25) is 16.6 Å². The zero-order chi connectivity index (χ0) is 19.4. The number of anilines is 1. The van der Waals surface area contributed by atoms with E-state index in [4.69, 9.17) is 14.2 Å². The van der Waals surface area contributed by atoms with Crippen LogP contribution in [0.1, 0.15) is 0 Å². The zero-order valence-corrected chi connectivity index (χ0v) is 15.4. The van der Waals surface area contributed by atoms with Gasteiger partial charge in [0.05, 0.1) is 19.1 Å². The van der Waals surface area contributed by atoms with Gasteiger partial charge in [0, 0.05) is 18.0 Å². The van der Waals surface area contributed by atoms with Gasteiger partial charge in [-0.3, -0.25) is 0 Å². The third kappa shape index (κ3) is 3.82. The predicted octanol–water partition coefficient (Wildman–Crippen LogP) is 2.32. The summed E-state index contributed by atoms with van der Waals surface area (Å²) in [6.07, 6.45) is 1.09. The van der Waals surface area contributed by atoms with Gasteiger partial charge >= 0.3 is 5.97 Å². The van der Waals surface area contributed by atoms with Gasteiger partial charge in [-0.2, -0.15) is 0 Å². The van der Waals surface area contributed by atoms with Crippen molar-refractivity contribution in [2.24, 2.45) is 0 Å². The molecule has 1 N–H and O–H groups in total. The third-order valence-corrected chi connectivity index (χ3v) is 5.54. The second-order valence-corrected chi connectivity index (χ2v) is 7.31. The fourth-order valence-electron chi connectivity index (χ4n) is 2.36. The summed E-state index contributed by atoms with van der Waals surface area (Å²) in [5.74, 6) is 0.615. The van der Waals surface area contributed by atoms with Crippen molar-refractivity contribution >= 4 is 21.5 Å². The van der Waals surface area contributed by atoms with Crippen LogP contribution < -0.4 is 19.5 Å². The summed E-state index contributed by atoms with van der Waals surface area (Å²) in [4.78, 5) is 11.5. The summed E-state index contributed by atoms with van der Waals surface area (Å²) in [6.45, 7) is 0.119. The van der Waals surface area contributed by atoms with E-state index in [0.717, 1.165) is 13.3 Å². The van der Waals surface area contributed by atoms with Gasteiger partial charge in [-0.1, -0.05) is 0 Å². The summed E-state index contributed by atoms with van der Waals surface area (Å²) in [5, 5.41) is 2.79. The zero-order valence-electron chi connectivity index (χ0n) is 14.6. The number of benzene rings is 2. The summed E-state index contributed by atoms with van der Waals surface area (Å²) in [5.41, 5.74) is 0.519. The molecule has 0 saturated heterocycles. The molecule has 0 radical (unpaired) electrons. The Kier molecular flexibility index (Phi) is 5.22. The highest BCUT2D eigenvalue weighted by Gasteiger charge is 2.28. The molecule has 9 heteroatoms. The lowest BCUT2D eigenvalue weighted by Gasteiger charge is -2.10. The van der Waals surface area contributed by atoms with E-state index in [0.29, 0.717) is 22.9 Å². The molecule has 0 unspecified atom stereocenters. The Morgan fingerprint density at radius 2 is 1.78 bits per heavy atom. The number of ether oxygens (including phenoxy) is 4. The number of hydrogen-bond acceptors (Lipinski definition) is 8. The third-order valence-electron chi connectivity index (χ3n) is 3.79. The molecule has 0 amide bonds. The Hall–Kier alpha value is -3.20. The van der Waals surface area contributed by atoms with Gasteiger partial charge in [0.25, 0.3) is 0 Å². The van der Waals surface area contributed by atoms with Crippen molar-refractivity contribution in [1.82, 2.24) is 0 Å². The molecule has 0 fully saturated rings. The van der Waals surface area contributed by atoms with Crippen LogP contribution in [-0.4, -0.2) is 35.4 Å². The average Bonchev–Trinajstić information content (AvgIpc) is 3.15. The molecule has 0 saturated carbocycles. The van der Waals surface area contributed by atoms with Crippen LogP contribution in [0.3, 0.4) is 0 Å².